The van der Waals surface area contributed by atoms with Crippen LogP contribution in [0.3, 0.4) is 0 Å². The Labute approximate surface area is 56.4 Å². The molecule has 0 saturated heterocycles. The minimum atomic E-state index is 0.519. The van der Waals surface area contributed by atoms with Crippen LogP contribution in [-0.2, 0) is 4.79 Å². The summed E-state index contributed by atoms with van der Waals surface area (Å²) >= 11 is 0. The van der Waals surface area contributed by atoms with E-state index >= 15 is 0 Å². The normalized spacial score (nSPS) is 36.9. The van der Waals surface area contributed by atoms with Crippen LogP contribution >= 0.6 is 0 Å². The quantitative estimate of drug-likeness (QED) is 0.485. The second kappa shape index (κ2) is 2.51. The molecule has 0 radical (unpaired) electrons. The van der Waals surface area contributed by atoms with Gasteiger partial charge in [0.2, 0.25) is 0 Å². The fraction of sp³-hybridized carbons (Fsp3) is 0.875. The van der Waals surface area contributed by atoms with Crippen LogP contribution in [0, 0.1) is 11.8 Å². The van der Waals surface area contributed by atoms with Gasteiger partial charge in [-0.2, -0.15) is 0 Å². The second-order valence-electron chi connectivity index (χ2n) is 2.70. The van der Waals surface area contributed by atoms with Gasteiger partial charge in [-0.1, -0.05) is 13.8 Å². The largest absolute Gasteiger partial charge is 0.299 e. The lowest BCUT2D eigenvalue weighted by atomic mass is 9.85. The maximum absolute atomic E-state index is 10.6. The Hall–Kier alpha value is -0.330. The van der Waals surface area contributed by atoms with Gasteiger partial charge < -0.3 is 0 Å². The lowest BCUT2D eigenvalue weighted by Crippen LogP contribution is -2.13. The minimum Gasteiger partial charge on any atom is -0.299 e. The van der Waals surface area contributed by atoms with Crippen molar-refractivity contribution in [2.75, 3.05) is 0 Å². The summed E-state index contributed by atoms with van der Waals surface area (Å²) in [6.45, 7) is 4.00. The summed E-state index contributed by atoms with van der Waals surface area (Å²) in [4.78, 5) is 10.6. The van der Waals surface area contributed by atoms with E-state index in [1.165, 1.54) is 12.8 Å². The molecule has 52 valence electrons. The number of carbonyl (C=O) groups is 1. The second-order valence-corrected chi connectivity index (χ2v) is 2.70. The first-order valence-corrected chi connectivity index (χ1v) is 3.89. The van der Waals surface area contributed by atoms with Crippen LogP contribution in [0.1, 0.15) is 33.1 Å². The number of ketones is 1. The summed E-state index contributed by atoms with van der Waals surface area (Å²) in [5.74, 6) is 1.87. The maximum atomic E-state index is 10.6. The van der Waals surface area contributed by atoms with Crippen molar-refractivity contribution in [2.45, 2.75) is 33.1 Å². The van der Waals surface area contributed by atoms with Crippen LogP contribution in [0.25, 0.3) is 0 Å². The molecule has 0 aromatic rings. The average Bonchev–Trinajstić information content (AvgIpc) is 2.26. The van der Waals surface area contributed by atoms with E-state index in [0.717, 1.165) is 12.3 Å². The van der Waals surface area contributed by atoms with Gasteiger partial charge >= 0.3 is 0 Å². The summed E-state index contributed by atoms with van der Waals surface area (Å²) in [5, 5.41) is 0. The van der Waals surface area contributed by atoms with Gasteiger partial charge in [-0.25, -0.2) is 0 Å². The number of rotatable bonds is 0. The van der Waals surface area contributed by atoms with Crippen LogP contribution in [0.2, 0.25) is 0 Å². The molecule has 3 aliphatic carbocycles. The number of carbonyl (C=O) groups excluding carboxylic acids is 1. The third kappa shape index (κ3) is 1.00. The van der Waals surface area contributed by atoms with Gasteiger partial charge in [-0.05, 0) is 18.8 Å². The molecule has 3 fully saturated rings. The highest BCUT2D eigenvalue weighted by Crippen LogP contribution is 2.45. The number of hydrogen-bond acceptors (Lipinski definition) is 1. The maximum Gasteiger partial charge on any atom is 0.136 e. The standard InChI is InChI=1S/C6H8O.C2H6/c7-6-3-4-1-5(6)2-4;1-2/h4-5H,1-3H2;1-2H3. The fourth-order valence-electron chi connectivity index (χ4n) is 1.62. The monoisotopic (exact) mass is 126 g/mol. The van der Waals surface area contributed by atoms with Crippen molar-refractivity contribution >= 4 is 5.78 Å². The molecule has 0 aromatic carbocycles. The first-order chi connectivity index (χ1) is 4.36. The SMILES string of the molecule is CC.O=C1CC2CC1C2. The van der Waals surface area contributed by atoms with Crippen molar-refractivity contribution in [2.24, 2.45) is 11.8 Å². The highest BCUT2D eigenvalue weighted by Gasteiger charge is 2.42. The Morgan fingerprint density at radius 1 is 1.33 bits per heavy atom. The summed E-state index contributed by atoms with van der Waals surface area (Å²) in [6.07, 6.45) is 3.35. The van der Waals surface area contributed by atoms with E-state index in [9.17, 15) is 4.79 Å². The van der Waals surface area contributed by atoms with Gasteiger partial charge in [0.15, 0.2) is 0 Å². The van der Waals surface area contributed by atoms with Crippen molar-refractivity contribution in [1.82, 2.24) is 0 Å². The van der Waals surface area contributed by atoms with Crippen molar-refractivity contribution in [1.29, 1.82) is 0 Å². The molecule has 1 nitrogen and oxygen atoms in total. The van der Waals surface area contributed by atoms with Crippen molar-refractivity contribution < 1.29 is 4.79 Å². The van der Waals surface area contributed by atoms with E-state index in [2.05, 4.69) is 0 Å². The zero-order chi connectivity index (χ0) is 6.85. The molecule has 0 aliphatic heterocycles. The van der Waals surface area contributed by atoms with Crippen LogP contribution in [-0.4, -0.2) is 5.78 Å². The number of Topliss-reactive ketones (excluding diaryl/α,β-unsaturated/α-hetero) is 1. The molecule has 0 N–H and O–H groups in total. The molecule has 0 unspecified atom stereocenters. The molecule has 9 heavy (non-hydrogen) atoms. The van der Waals surface area contributed by atoms with E-state index in [1.54, 1.807) is 0 Å². The molecule has 2 bridgehead atoms. The van der Waals surface area contributed by atoms with E-state index in [1.807, 2.05) is 13.8 Å². The molecule has 0 aromatic heterocycles. The van der Waals surface area contributed by atoms with Crippen molar-refractivity contribution in [3.8, 4) is 0 Å². The van der Waals surface area contributed by atoms with E-state index in [0.29, 0.717) is 11.7 Å². The smallest absolute Gasteiger partial charge is 0.136 e. The molecular weight excluding hydrogens is 112 g/mol. The third-order valence-corrected chi connectivity index (χ3v) is 2.18. The van der Waals surface area contributed by atoms with E-state index in [4.69, 9.17) is 0 Å². The van der Waals surface area contributed by atoms with Crippen molar-refractivity contribution in [3.63, 3.8) is 0 Å². The van der Waals surface area contributed by atoms with Crippen LogP contribution in [0.15, 0.2) is 0 Å². The summed E-state index contributed by atoms with van der Waals surface area (Å²) in [6, 6.07) is 0. The first-order valence-electron chi connectivity index (χ1n) is 3.89. The van der Waals surface area contributed by atoms with Crippen LogP contribution < -0.4 is 0 Å². The number of hydrogen-bond donors (Lipinski definition) is 0. The predicted octanol–water partition coefficient (Wildman–Crippen LogP) is 2.01. The van der Waals surface area contributed by atoms with Gasteiger partial charge in [0, 0.05) is 12.3 Å². The molecule has 1 heteroatoms. The van der Waals surface area contributed by atoms with Gasteiger partial charge in [0.25, 0.3) is 0 Å². The minimum absolute atomic E-state index is 0.519. The number of fused-ring (bicyclic) bond motifs is 1. The highest BCUT2D eigenvalue weighted by atomic mass is 16.1. The predicted molar refractivity (Wildman–Crippen MR) is 37.2 cm³/mol. The highest BCUT2D eigenvalue weighted by molar-refractivity contribution is 5.86. The third-order valence-electron chi connectivity index (χ3n) is 2.18. The molecule has 0 heterocycles. The van der Waals surface area contributed by atoms with Crippen LogP contribution in [0.4, 0.5) is 0 Å². The molecular formula is C8H14O. The zero-order valence-corrected chi connectivity index (χ0v) is 6.18. The lowest BCUT2D eigenvalue weighted by Gasteiger charge is -2.19. The topological polar surface area (TPSA) is 17.1 Å². The van der Waals surface area contributed by atoms with Crippen molar-refractivity contribution in [3.05, 3.63) is 0 Å². The Bertz CT molecular complexity index is 112. The molecule has 0 spiro atoms. The lowest BCUT2D eigenvalue weighted by molar-refractivity contribution is -0.119. The molecule has 3 aliphatic rings. The Morgan fingerprint density at radius 2 is 1.89 bits per heavy atom. The molecule has 3 rings (SSSR count). The van der Waals surface area contributed by atoms with Gasteiger partial charge in [-0.3, -0.25) is 4.79 Å². The molecule has 0 atom stereocenters. The Kier molecular flexibility index (Phi) is 1.89. The molecule has 3 saturated carbocycles. The summed E-state index contributed by atoms with van der Waals surface area (Å²) in [7, 11) is 0. The van der Waals surface area contributed by atoms with E-state index < -0.39 is 0 Å². The van der Waals surface area contributed by atoms with Crippen LogP contribution in [0.5, 0.6) is 0 Å². The molecule has 0 amide bonds. The zero-order valence-electron chi connectivity index (χ0n) is 6.18. The summed E-state index contributed by atoms with van der Waals surface area (Å²) < 4.78 is 0. The average molecular weight is 126 g/mol. The van der Waals surface area contributed by atoms with E-state index in [-0.39, 0.29) is 0 Å². The van der Waals surface area contributed by atoms with Gasteiger partial charge in [0.05, 0.1) is 0 Å². The van der Waals surface area contributed by atoms with Gasteiger partial charge in [0.1, 0.15) is 5.78 Å². The van der Waals surface area contributed by atoms with Gasteiger partial charge in [-0.15, -0.1) is 0 Å². The summed E-state index contributed by atoms with van der Waals surface area (Å²) in [5.41, 5.74) is 0. The fourth-order valence-corrected chi connectivity index (χ4v) is 1.62. The Morgan fingerprint density at radius 3 is 2.00 bits per heavy atom. The first kappa shape index (κ1) is 6.79. The Balaban J connectivity index is 0.000000186.